The standard InChI is InChI=1S/C18H24N2O3S3/c1-2-23-17(22)15-12-7-5-3-4-6-8-13(12)26-16(15)20-14(21)11-25-18-19-9-10-24-18/h2-11H2,1H3,(H,20,21). The molecule has 0 aromatic carbocycles. The maximum Gasteiger partial charge on any atom is 0.341 e. The molecule has 26 heavy (non-hydrogen) atoms. The number of thioether (sulfide) groups is 2. The zero-order chi connectivity index (χ0) is 18.4. The molecule has 0 unspecified atom stereocenters. The van der Waals surface area contributed by atoms with Crippen LogP contribution in [0, 0.1) is 0 Å². The van der Waals surface area contributed by atoms with Gasteiger partial charge in [0.25, 0.3) is 0 Å². The first kappa shape index (κ1) is 19.8. The summed E-state index contributed by atoms with van der Waals surface area (Å²) in [4.78, 5) is 30.5. The van der Waals surface area contributed by atoms with Gasteiger partial charge >= 0.3 is 5.97 Å². The molecule has 2 heterocycles. The lowest BCUT2D eigenvalue weighted by Gasteiger charge is -2.11. The number of aliphatic imine (C=N–C) groups is 1. The molecule has 8 heteroatoms. The van der Waals surface area contributed by atoms with Crippen LogP contribution in [0.2, 0.25) is 0 Å². The Morgan fingerprint density at radius 2 is 2.04 bits per heavy atom. The number of hydrogen-bond acceptors (Lipinski definition) is 7. The van der Waals surface area contributed by atoms with Crippen LogP contribution < -0.4 is 5.32 Å². The zero-order valence-corrected chi connectivity index (χ0v) is 17.4. The first-order valence-electron chi connectivity index (χ1n) is 9.10. The van der Waals surface area contributed by atoms with E-state index in [0.29, 0.717) is 22.9 Å². The van der Waals surface area contributed by atoms with Crippen molar-refractivity contribution in [3.05, 3.63) is 16.0 Å². The third-order valence-corrected chi connectivity index (χ3v) is 7.75. The molecular weight excluding hydrogens is 388 g/mol. The highest BCUT2D eigenvalue weighted by Crippen LogP contribution is 2.37. The Kier molecular flexibility index (Phi) is 7.45. The van der Waals surface area contributed by atoms with Gasteiger partial charge < -0.3 is 10.1 Å². The molecule has 0 atom stereocenters. The van der Waals surface area contributed by atoms with Gasteiger partial charge in [0.15, 0.2) is 0 Å². The molecule has 0 spiro atoms. The van der Waals surface area contributed by atoms with E-state index < -0.39 is 0 Å². The second-order valence-corrected chi connectivity index (χ2v) is 9.59. The SMILES string of the molecule is CCOC(=O)c1c(NC(=O)CSC2=NCCS2)sc2c1CCCCCC2. The number of carbonyl (C=O) groups is 2. The van der Waals surface area contributed by atoms with E-state index >= 15 is 0 Å². The lowest BCUT2D eigenvalue weighted by Crippen LogP contribution is -2.17. The number of hydrogen-bond donors (Lipinski definition) is 1. The van der Waals surface area contributed by atoms with Crippen LogP contribution in [0.3, 0.4) is 0 Å². The molecule has 0 fully saturated rings. The van der Waals surface area contributed by atoms with Crippen molar-refractivity contribution in [3.8, 4) is 0 Å². The number of carbonyl (C=O) groups excluding carboxylic acids is 2. The largest absolute Gasteiger partial charge is 0.462 e. The summed E-state index contributed by atoms with van der Waals surface area (Å²) in [7, 11) is 0. The van der Waals surface area contributed by atoms with Crippen molar-refractivity contribution in [2.45, 2.75) is 45.4 Å². The summed E-state index contributed by atoms with van der Waals surface area (Å²) in [6.45, 7) is 2.98. The topological polar surface area (TPSA) is 67.8 Å². The number of aryl methyl sites for hydroxylation is 1. The van der Waals surface area contributed by atoms with Gasteiger partial charge in [0.05, 0.1) is 24.5 Å². The minimum Gasteiger partial charge on any atom is -0.462 e. The molecule has 142 valence electrons. The predicted octanol–water partition coefficient (Wildman–Crippen LogP) is 4.36. The van der Waals surface area contributed by atoms with E-state index in [1.54, 1.807) is 23.1 Å². The van der Waals surface area contributed by atoms with Crippen LogP contribution in [0.4, 0.5) is 5.00 Å². The molecule has 0 radical (unpaired) electrons. The van der Waals surface area contributed by atoms with E-state index in [1.807, 2.05) is 6.92 Å². The molecule has 5 nitrogen and oxygen atoms in total. The maximum atomic E-state index is 12.6. The van der Waals surface area contributed by atoms with Crippen molar-refractivity contribution < 1.29 is 14.3 Å². The number of nitrogens with zero attached hydrogens (tertiary/aromatic N) is 1. The minimum atomic E-state index is -0.316. The average molecular weight is 413 g/mol. The molecule has 3 rings (SSSR count). The summed E-state index contributed by atoms with van der Waals surface area (Å²) in [6, 6.07) is 0. The zero-order valence-electron chi connectivity index (χ0n) is 15.0. The monoisotopic (exact) mass is 412 g/mol. The summed E-state index contributed by atoms with van der Waals surface area (Å²) in [5, 5.41) is 3.62. The summed E-state index contributed by atoms with van der Waals surface area (Å²) in [5.74, 6) is 0.903. The van der Waals surface area contributed by atoms with E-state index in [-0.39, 0.29) is 11.9 Å². The number of amides is 1. The van der Waals surface area contributed by atoms with Crippen LogP contribution in [0.5, 0.6) is 0 Å². The Morgan fingerprint density at radius 1 is 1.23 bits per heavy atom. The highest BCUT2D eigenvalue weighted by Gasteiger charge is 2.26. The first-order valence-corrected chi connectivity index (χ1v) is 11.9. The average Bonchev–Trinajstić information content (AvgIpc) is 3.21. The van der Waals surface area contributed by atoms with Gasteiger partial charge in [0.2, 0.25) is 5.91 Å². The molecule has 1 aliphatic carbocycles. The third kappa shape index (κ3) is 5.04. The second kappa shape index (κ2) is 9.80. The minimum absolute atomic E-state index is 0.0926. The van der Waals surface area contributed by atoms with E-state index in [9.17, 15) is 9.59 Å². The Morgan fingerprint density at radius 3 is 2.77 bits per heavy atom. The molecule has 0 saturated heterocycles. The van der Waals surface area contributed by atoms with Crippen LogP contribution in [0.25, 0.3) is 0 Å². The molecule has 1 amide bonds. The Balaban J connectivity index is 1.76. The fourth-order valence-corrected chi connectivity index (χ4v) is 6.22. The molecule has 1 aromatic rings. The van der Waals surface area contributed by atoms with E-state index in [2.05, 4.69) is 10.3 Å². The van der Waals surface area contributed by atoms with E-state index in [0.717, 1.165) is 47.9 Å². The van der Waals surface area contributed by atoms with Crippen LogP contribution in [0.15, 0.2) is 4.99 Å². The number of rotatable bonds is 5. The van der Waals surface area contributed by atoms with Crippen molar-refractivity contribution in [1.29, 1.82) is 0 Å². The number of fused-ring (bicyclic) bond motifs is 1. The van der Waals surface area contributed by atoms with Gasteiger partial charge in [-0.15, -0.1) is 11.3 Å². The van der Waals surface area contributed by atoms with Gasteiger partial charge in [-0.3, -0.25) is 9.79 Å². The van der Waals surface area contributed by atoms with Gasteiger partial charge in [0.1, 0.15) is 9.38 Å². The van der Waals surface area contributed by atoms with Gasteiger partial charge in [0, 0.05) is 10.6 Å². The van der Waals surface area contributed by atoms with Gasteiger partial charge in [-0.2, -0.15) is 0 Å². The molecule has 1 aromatic heterocycles. The lowest BCUT2D eigenvalue weighted by atomic mass is 9.96. The lowest BCUT2D eigenvalue weighted by molar-refractivity contribution is -0.113. The summed E-state index contributed by atoms with van der Waals surface area (Å²) < 4.78 is 6.25. The van der Waals surface area contributed by atoms with Gasteiger partial charge in [-0.25, -0.2) is 4.79 Å². The molecule has 0 bridgehead atoms. The number of ether oxygens (including phenoxy) is 1. The Bertz CT molecular complexity index is 700. The summed E-state index contributed by atoms with van der Waals surface area (Å²) in [5.41, 5.74) is 1.67. The number of nitrogens with one attached hydrogen (secondary N) is 1. The Hall–Kier alpha value is -0.990. The number of anilines is 1. The Labute approximate surface area is 166 Å². The number of thiophene rings is 1. The van der Waals surface area contributed by atoms with Crippen molar-refractivity contribution in [1.82, 2.24) is 0 Å². The van der Waals surface area contributed by atoms with Crippen molar-refractivity contribution in [2.24, 2.45) is 4.99 Å². The molecule has 1 aliphatic heterocycles. The summed E-state index contributed by atoms with van der Waals surface area (Å²) in [6.07, 6.45) is 6.49. The van der Waals surface area contributed by atoms with Gasteiger partial charge in [-0.1, -0.05) is 36.4 Å². The normalized spacial score (nSPS) is 17.0. The second-order valence-electron chi connectivity index (χ2n) is 6.18. The fourth-order valence-electron chi connectivity index (χ4n) is 3.12. The highest BCUT2D eigenvalue weighted by molar-refractivity contribution is 8.39. The van der Waals surface area contributed by atoms with Crippen LogP contribution in [-0.4, -0.2) is 40.9 Å². The third-order valence-electron chi connectivity index (χ3n) is 4.29. The smallest absolute Gasteiger partial charge is 0.341 e. The fraction of sp³-hybridized carbons (Fsp3) is 0.611. The quantitative estimate of drug-likeness (QED) is 0.728. The molecule has 1 N–H and O–H groups in total. The molecule has 2 aliphatic rings. The van der Waals surface area contributed by atoms with Crippen LogP contribution in [0.1, 0.15) is 53.4 Å². The molecule has 0 saturated carbocycles. The van der Waals surface area contributed by atoms with Crippen molar-refractivity contribution in [3.63, 3.8) is 0 Å². The predicted molar refractivity (Wildman–Crippen MR) is 112 cm³/mol. The van der Waals surface area contributed by atoms with Crippen LogP contribution in [-0.2, 0) is 22.4 Å². The highest BCUT2D eigenvalue weighted by atomic mass is 32.2. The van der Waals surface area contributed by atoms with Crippen molar-refractivity contribution in [2.75, 3.05) is 30.0 Å². The van der Waals surface area contributed by atoms with Gasteiger partial charge in [-0.05, 0) is 38.2 Å². The maximum absolute atomic E-state index is 12.6. The van der Waals surface area contributed by atoms with Crippen molar-refractivity contribution >= 4 is 56.1 Å². The summed E-state index contributed by atoms with van der Waals surface area (Å²) >= 11 is 4.71. The molecular formula is C18H24N2O3S3. The number of esters is 1. The first-order chi connectivity index (χ1) is 12.7. The van der Waals surface area contributed by atoms with Crippen LogP contribution >= 0.6 is 34.9 Å². The van der Waals surface area contributed by atoms with E-state index in [4.69, 9.17) is 4.74 Å². The van der Waals surface area contributed by atoms with E-state index in [1.165, 1.54) is 29.5 Å².